The quantitative estimate of drug-likeness (QED) is 0.874. The van der Waals surface area contributed by atoms with Gasteiger partial charge >= 0.3 is 12.0 Å². The molecule has 1 saturated carbocycles. The van der Waals surface area contributed by atoms with Crippen molar-refractivity contribution in [1.82, 2.24) is 4.90 Å². The van der Waals surface area contributed by atoms with Gasteiger partial charge in [-0.05, 0) is 31.0 Å². The molecular weight excluding hydrogens is 294 g/mol. The Balaban J connectivity index is 2.03. The van der Waals surface area contributed by atoms with Crippen LogP contribution in [0.4, 0.5) is 10.5 Å². The maximum absolute atomic E-state index is 12.2. The minimum Gasteiger partial charge on any atom is -0.481 e. The smallest absolute Gasteiger partial charge is 0.322 e. The fourth-order valence-electron chi connectivity index (χ4n) is 1.93. The molecular formula is C14H14ClN3O3. The van der Waals surface area contributed by atoms with Crippen LogP contribution in [0.1, 0.15) is 24.8 Å². The molecule has 1 aromatic rings. The fraction of sp³-hybridized carbons (Fsp3) is 0.357. The van der Waals surface area contributed by atoms with Crippen molar-refractivity contribution >= 4 is 29.3 Å². The van der Waals surface area contributed by atoms with Crippen molar-refractivity contribution in [3.05, 3.63) is 28.8 Å². The summed E-state index contributed by atoms with van der Waals surface area (Å²) < 4.78 is 0. The Hall–Kier alpha value is -2.26. The molecule has 0 bridgehead atoms. The molecule has 2 amide bonds. The van der Waals surface area contributed by atoms with Crippen molar-refractivity contribution in [2.24, 2.45) is 0 Å². The third-order valence-corrected chi connectivity index (χ3v) is 3.47. The molecule has 0 saturated heterocycles. The first kappa shape index (κ1) is 15.1. The largest absolute Gasteiger partial charge is 0.481 e. The van der Waals surface area contributed by atoms with Crippen LogP contribution in [0.5, 0.6) is 0 Å². The fourth-order valence-corrected chi connectivity index (χ4v) is 2.15. The highest BCUT2D eigenvalue weighted by Gasteiger charge is 2.32. The molecule has 7 heteroatoms. The lowest BCUT2D eigenvalue weighted by atomic mass is 10.2. The number of rotatable bonds is 5. The number of hydrogen-bond acceptors (Lipinski definition) is 3. The van der Waals surface area contributed by atoms with Gasteiger partial charge < -0.3 is 15.3 Å². The third-order valence-electron chi connectivity index (χ3n) is 3.16. The first-order chi connectivity index (χ1) is 10.0. The molecule has 0 spiro atoms. The number of anilines is 1. The molecule has 2 N–H and O–H groups in total. The second-order valence-corrected chi connectivity index (χ2v) is 5.21. The summed E-state index contributed by atoms with van der Waals surface area (Å²) in [7, 11) is 0. The number of hydrogen-bond donors (Lipinski definition) is 2. The van der Waals surface area contributed by atoms with Gasteiger partial charge in [-0.25, -0.2) is 4.79 Å². The molecule has 0 atom stereocenters. The van der Waals surface area contributed by atoms with E-state index in [2.05, 4.69) is 5.32 Å². The van der Waals surface area contributed by atoms with Crippen molar-refractivity contribution in [2.75, 3.05) is 11.9 Å². The van der Waals surface area contributed by atoms with Crippen LogP contribution in [0, 0.1) is 11.3 Å². The van der Waals surface area contributed by atoms with Gasteiger partial charge in [0.1, 0.15) is 6.07 Å². The van der Waals surface area contributed by atoms with Crippen molar-refractivity contribution in [3.8, 4) is 6.07 Å². The highest BCUT2D eigenvalue weighted by molar-refractivity contribution is 6.32. The van der Waals surface area contributed by atoms with Gasteiger partial charge in [-0.15, -0.1) is 0 Å². The van der Waals surface area contributed by atoms with E-state index >= 15 is 0 Å². The summed E-state index contributed by atoms with van der Waals surface area (Å²) in [4.78, 5) is 24.4. The van der Waals surface area contributed by atoms with Gasteiger partial charge in [-0.2, -0.15) is 5.26 Å². The summed E-state index contributed by atoms with van der Waals surface area (Å²) in [6, 6.07) is 6.31. The SMILES string of the molecule is N#Cc1ccc(NC(=O)N(CCC(=O)O)C2CC2)cc1Cl. The lowest BCUT2D eigenvalue weighted by molar-refractivity contribution is -0.137. The average Bonchev–Trinajstić information content (AvgIpc) is 3.23. The number of nitrogens with one attached hydrogen (secondary N) is 1. The van der Waals surface area contributed by atoms with Crippen LogP contribution in [-0.4, -0.2) is 34.6 Å². The van der Waals surface area contributed by atoms with Gasteiger partial charge in [-0.1, -0.05) is 11.6 Å². The molecule has 1 aliphatic carbocycles. The predicted molar refractivity (Wildman–Crippen MR) is 77.2 cm³/mol. The van der Waals surface area contributed by atoms with Gasteiger partial charge in [0.2, 0.25) is 0 Å². The van der Waals surface area contributed by atoms with Gasteiger partial charge in [0, 0.05) is 18.3 Å². The van der Waals surface area contributed by atoms with Crippen LogP contribution in [0.15, 0.2) is 18.2 Å². The molecule has 21 heavy (non-hydrogen) atoms. The second kappa shape index (κ2) is 6.46. The molecule has 110 valence electrons. The van der Waals surface area contributed by atoms with E-state index in [4.69, 9.17) is 22.0 Å². The Bertz CT molecular complexity index is 608. The number of benzene rings is 1. The number of carbonyl (C=O) groups excluding carboxylic acids is 1. The molecule has 6 nitrogen and oxygen atoms in total. The number of nitriles is 1. The number of amides is 2. The standard InChI is InChI=1S/C14H14ClN3O3/c15-12-7-10(2-1-9(12)8-16)17-14(21)18(11-3-4-11)6-5-13(19)20/h1-2,7,11H,3-6H2,(H,17,21)(H,19,20). The number of nitrogens with zero attached hydrogens (tertiary/aromatic N) is 2. The summed E-state index contributed by atoms with van der Waals surface area (Å²) in [5.41, 5.74) is 0.810. The van der Waals surface area contributed by atoms with E-state index in [1.54, 1.807) is 6.07 Å². The number of carboxylic acid groups (broad SMARTS) is 1. The zero-order valence-corrected chi connectivity index (χ0v) is 11.9. The Kier molecular flexibility index (Phi) is 4.66. The topological polar surface area (TPSA) is 93.4 Å². The van der Waals surface area contributed by atoms with Crippen molar-refractivity contribution in [1.29, 1.82) is 5.26 Å². The summed E-state index contributed by atoms with van der Waals surface area (Å²) in [6.45, 7) is 0.176. The van der Waals surface area contributed by atoms with Crippen molar-refractivity contribution in [2.45, 2.75) is 25.3 Å². The molecule has 1 aliphatic rings. The molecule has 2 rings (SSSR count). The van der Waals surface area contributed by atoms with Crippen LogP contribution in [-0.2, 0) is 4.79 Å². The number of carbonyl (C=O) groups is 2. The molecule has 0 radical (unpaired) electrons. The van der Waals surface area contributed by atoms with Gasteiger partial charge in [-0.3, -0.25) is 4.79 Å². The van der Waals surface area contributed by atoms with E-state index in [9.17, 15) is 9.59 Å². The number of urea groups is 1. The van der Waals surface area contributed by atoms with Gasteiger partial charge in [0.05, 0.1) is 17.0 Å². The highest BCUT2D eigenvalue weighted by atomic mass is 35.5. The van der Waals surface area contributed by atoms with Crippen molar-refractivity contribution < 1.29 is 14.7 Å². The number of carboxylic acids is 1. The number of halogens is 1. The van der Waals surface area contributed by atoms with Crippen molar-refractivity contribution in [3.63, 3.8) is 0 Å². The Morgan fingerprint density at radius 1 is 1.48 bits per heavy atom. The van der Waals surface area contributed by atoms with E-state index in [0.29, 0.717) is 11.3 Å². The van der Waals surface area contributed by atoms with E-state index < -0.39 is 5.97 Å². The van der Waals surface area contributed by atoms with E-state index in [-0.39, 0.29) is 30.1 Å². The predicted octanol–water partition coefficient (Wildman–Crippen LogP) is 2.68. The monoisotopic (exact) mass is 307 g/mol. The Morgan fingerprint density at radius 2 is 2.19 bits per heavy atom. The normalized spacial score (nSPS) is 13.3. The summed E-state index contributed by atoms with van der Waals surface area (Å²) in [6.07, 6.45) is 1.69. The lowest BCUT2D eigenvalue weighted by Crippen LogP contribution is -2.38. The zero-order valence-electron chi connectivity index (χ0n) is 11.2. The maximum atomic E-state index is 12.2. The summed E-state index contributed by atoms with van der Waals surface area (Å²) in [5.74, 6) is -0.935. The zero-order chi connectivity index (χ0) is 15.4. The minimum atomic E-state index is -0.935. The van der Waals surface area contributed by atoms with E-state index in [1.807, 2.05) is 6.07 Å². The summed E-state index contributed by atoms with van der Waals surface area (Å²) in [5, 5.41) is 20.5. The molecule has 1 fully saturated rings. The summed E-state index contributed by atoms with van der Waals surface area (Å²) >= 11 is 5.91. The van der Waals surface area contributed by atoms with Crippen LogP contribution in [0.3, 0.4) is 0 Å². The first-order valence-electron chi connectivity index (χ1n) is 6.50. The minimum absolute atomic E-state index is 0.0853. The van der Waals surface area contributed by atoms with Crippen LogP contribution in [0.25, 0.3) is 0 Å². The van der Waals surface area contributed by atoms with E-state index in [1.165, 1.54) is 17.0 Å². The van der Waals surface area contributed by atoms with Crippen LogP contribution >= 0.6 is 11.6 Å². The third kappa shape index (κ3) is 4.10. The maximum Gasteiger partial charge on any atom is 0.322 e. The average molecular weight is 308 g/mol. The number of aliphatic carboxylic acids is 1. The lowest BCUT2D eigenvalue weighted by Gasteiger charge is -2.22. The molecule has 0 aliphatic heterocycles. The van der Waals surface area contributed by atoms with Gasteiger partial charge in [0.15, 0.2) is 0 Å². The van der Waals surface area contributed by atoms with Gasteiger partial charge in [0.25, 0.3) is 0 Å². The highest BCUT2D eigenvalue weighted by Crippen LogP contribution is 2.28. The Morgan fingerprint density at radius 3 is 2.71 bits per heavy atom. The Labute approximate surface area is 126 Å². The molecule has 0 aromatic heterocycles. The van der Waals surface area contributed by atoms with Crippen LogP contribution < -0.4 is 5.32 Å². The second-order valence-electron chi connectivity index (χ2n) is 4.80. The van der Waals surface area contributed by atoms with E-state index in [0.717, 1.165) is 12.8 Å². The van der Waals surface area contributed by atoms with Crippen LogP contribution in [0.2, 0.25) is 5.02 Å². The molecule has 0 unspecified atom stereocenters. The first-order valence-corrected chi connectivity index (χ1v) is 6.88. The molecule has 1 aromatic carbocycles. The molecule has 0 heterocycles.